The van der Waals surface area contributed by atoms with Crippen LogP contribution in [0.1, 0.15) is 40.0 Å². The van der Waals surface area contributed by atoms with Crippen molar-refractivity contribution in [3.05, 3.63) is 24.3 Å². The third-order valence-electron chi connectivity index (χ3n) is 4.00. The minimum Gasteiger partial charge on any atom is -0.490 e. The van der Waals surface area contributed by atoms with Crippen molar-refractivity contribution in [1.82, 2.24) is 10.4 Å². The summed E-state index contributed by atoms with van der Waals surface area (Å²) in [4.78, 5) is 0. The lowest BCUT2D eigenvalue weighted by molar-refractivity contribution is 0.0415. The Hall–Kier alpha value is -1.26. The van der Waals surface area contributed by atoms with Gasteiger partial charge in [-0.1, -0.05) is 18.6 Å². The second-order valence-corrected chi connectivity index (χ2v) is 5.67. The summed E-state index contributed by atoms with van der Waals surface area (Å²) in [6.45, 7) is 8.66. The Kier molecular flexibility index (Phi) is 6.33. The maximum Gasteiger partial charge on any atom is 0.161 e. The molecule has 1 heterocycles. The van der Waals surface area contributed by atoms with Crippen molar-refractivity contribution in [1.29, 1.82) is 0 Å². The first-order chi connectivity index (χ1) is 10.2. The summed E-state index contributed by atoms with van der Waals surface area (Å²) >= 11 is 0. The van der Waals surface area contributed by atoms with Crippen molar-refractivity contribution in [3.8, 4) is 11.5 Å². The van der Waals surface area contributed by atoms with E-state index in [1.807, 2.05) is 31.2 Å². The summed E-state index contributed by atoms with van der Waals surface area (Å²) < 4.78 is 11.4. The second kappa shape index (κ2) is 8.25. The van der Waals surface area contributed by atoms with Crippen molar-refractivity contribution < 1.29 is 9.47 Å². The van der Waals surface area contributed by atoms with Gasteiger partial charge in [0.05, 0.1) is 6.61 Å². The van der Waals surface area contributed by atoms with Crippen LogP contribution in [0.25, 0.3) is 0 Å². The van der Waals surface area contributed by atoms with E-state index in [0.29, 0.717) is 25.3 Å². The van der Waals surface area contributed by atoms with Gasteiger partial charge in [0.1, 0.15) is 6.61 Å². The Labute approximate surface area is 128 Å². The van der Waals surface area contributed by atoms with Crippen LogP contribution in [0.4, 0.5) is 0 Å². The van der Waals surface area contributed by atoms with Crippen LogP contribution in [0, 0.1) is 0 Å². The molecule has 1 aromatic carbocycles. The van der Waals surface area contributed by atoms with Gasteiger partial charge in [-0.25, -0.2) is 5.01 Å². The minimum absolute atomic E-state index is 0.601. The van der Waals surface area contributed by atoms with E-state index in [1.165, 1.54) is 19.3 Å². The maximum absolute atomic E-state index is 5.84. The number of hydrazine groups is 1. The number of hydrogen-bond donors (Lipinski definition) is 1. The largest absolute Gasteiger partial charge is 0.490 e. The quantitative estimate of drug-likeness (QED) is 0.782. The highest BCUT2D eigenvalue weighted by Crippen LogP contribution is 2.26. The summed E-state index contributed by atoms with van der Waals surface area (Å²) in [7, 11) is 0. The number of ether oxygens (including phenoxy) is 2. The third kappa shape index (κ3) is 4.61. The van der Waals surface area contributed by atoms with Crippen molar-refractivity contribution in [2.75, 3.05) is 19.8 Å². The zero-order chi connectivity index (χ0) is 15.1. The van der Waals surface area contributed by atoms with Crippen molar-refractivity contribution >= 4 is 0 Å². The lowest BCUT2D eigenvalue weighted by Crippen LogP contribution is -2.52. The van der Waals surface area contributed by atoms with Gasteiger partial charge >= 0.3 is 0 Å². The van der Waals surface area contributed by atoms with Gasteiger partial charge in [-0.3, -0.25) is 5.43 Å². The molecule has 4 nitrogen and oxygen atoms in total. The fourth-order valence-corrected chi connectivity index (χ4v) is 2.91. The first kappa shape index (κ1) is 16.1. The van der Waals surface area contributed by atoms with E-state index < -0.39 is 0 Å². The predicted octanol–water partition coefficient (Wildman–Crippen LogP) is 3.23. The second-order valence-electron chi connectivity index (χ2n) is 5.67. The van der Waals surface area contributed by atoms with Crippen LogP contribution < -0.4 is 14.9 Å². The van der Waals surface area contributed by atoms with Crippen LogP contribution in [0.2, 0.25) is 0 Å². The van der Waals surface area contributed by atoms with Gasteiger partial charge in [-0.2, -0.15) is 0 Å². The van der Waals surface area contributed by atoms with E-state index in [-0.39, 0.29) is 0 Å². The van der Waals surface area contributed by atoms with Crippen molar-refractivity contribution in [2.45, 2.75) is 52.1 Å². The molecule has 2 rings (SSSR count). The molecule has 1 saturated heterocycles. The first-order valence-corrected chi connectivity index (χ1v) is 8.08. The van der Waals surface area contributed by atoms with Gasteiger partial charge < -0.3 is 9.47 Å². The van der Waals surface area contributed by atoms with Crippen molar-refractivity contribution in [2.24, 2.45) is 0 Å². The summed E-state index contributed by atoms with van der Waals surface area (Å²) in [5.74, 6) is 1.64. The number of piperidine rings is 1. The molecule has 0 saturated carbocycles. The van der Waals surface area contributed by atoms with Gasteiger partial charge in [-0.15, -0.1) is 0 Å². The molecular weight excluding hydrogens is 264 g/mol. The molecule has 118 valence electrons. The molecule has 0 spiro atoms. The maximum atomic E-state index is 5.84. The van der Waals surface area contributed by atoms with Crippen LogP contribution in [-0.2, 0) is 0 Å². The number of para-hydroxylation sites is 2. The van der Waals surface area contributed by atoms with Crippen LogP contribution >= 0.6 is 0 Å². The smallest absolute Gasteiger partial charge is 0.161 e. The molecule has 1 aromatic rings. The summed E-state index contributed by atoms with van der Waals surface area (Å²) in [6.07, 6.45) is 3.87. The van der Waals surface area contributed by atoms with E-state index in [9.17, 15) is 0 Å². The third-order valence-corrected chi connectivity index (χ3v) is 4.00. The van der Waals surface area contributed by atoms with Gasteiger partial charge in [0, 0.05) is 18.6 Å². The number of hydrogen-bond acceptors (Lipinski definition) is 4. The number of benzene rings is 1. The average Bonchev–Trinajstić information content (AvgIpc) is 2.48. The minimum atomic E-state index is 0.601. The van der Waals surface area contributed by atoms with Crippen LogP contribution in [0.15, 0.2) is 24.3 Å². The molecule has 1 fully saturated rings. The molecule has 0 amide bonds. The Balaban J connectivity index is 1.77. The summed E-state index contributed by atoms with van der Waals surface area (Å²) in [6, 6.07) is 9.04. The highest BCUT2D eigenvalue weighted by Gasteiger charge is 2.23. The first-order valence-electron chi connectivity index (χ1n) is 8.08. The van der Waals surface area contributed by atoms with Crippen LogP contribution in [0.3, 0.4) is 0 Å². The normalized spacial score (nSPS) is 23.0. The summed E-state index contributed by atoms with van der Waals surface area (Å²) in [5.41, 5.74) is 3.51. The molecule has 4 heteroatoms. The predicted molar refractivity (Wildman–Crippen MR) is 85.7 cm³/mol. The zero-order valence-electron chi connectivity index (χ0n) is 13.5. The highest BCUT2D eigenvalue weighted by atomic mass is 16.5. The number of nitrogens with zero attached hydrogens (tertiary/aromatic N) is 1. The summed E-state index contributed by atoms with van der Waals surface area (Å²) in [5, 5.41) is 2.38. The zero-order valence-corrected chi connectivity index (χ0v) is 13.5. The van der Waals surface area contributed by atoms with Gasteiger partial charge in [0.15, 0.2) is 11.5 Å². The standard InChI is InChI=1S/C17H28N2O2/c1-4-20-16-10-5-6-11-17(16)21-13-12-18-19-14(2)8-7-9-15(19)3/h5-6,10-11,14-15,18H,4,7-9,12-13H2,1-3H3. The van der Waals surface area contributed by atoms with E-state index in [2.05, 4.69) is 24.3 Å². The Bertz CT molecular complexity index is 415. The Morgan fingerprint density at radius 3 is 2.33 bits per heavy atom. The molecule has 2 unspecified atom stereocenters. The molecule has 21 heavy (non-hydrogen) atoms. The van der Waals surface area contributed by atoms with Gasteiger partial charge in [-0.05, 0) is 45.7 Å². The molecule has 0 aromatic heterocycles. The molecule has 0 radical (unpaired) electrons. The van der Waals surface area contributed by atoms with E-state index in [1.54, 1.807) is 0 Å². The van der Waals surface area contributed by atoms with E-state index in [0.717, 1.165) is 18.0 Å². The number of nitrogens with one attached hydrogen (secondary N) is 1. The van der Waals surface area contributed by atoms with E-state index in [4.69, 9.17) is 9.47 Å². The van der Waals surface area contributed by atoms with Crippen molar-refractivity contribution in [3.63, 3.8) is 0 Å². The van der Waals surface area contributed by atoms with Gasteiger partial charge in [0.25, 0.3) is 0 Å². The lowest BCUT2D eigenvalue weighted by atomic mass is 10.00. The highest BCUT2D eigenvalue weighted by molar-refractivity contribution is 5.39. The molecular formula is C17H28N2O2. The fourth-order valence-electron chi connectivity index (χ4n) is 2.91. The number of rotatable bonds is 7. The van der Waals surface area contributed by atoms with Crippen LogP contribution in [0.5, 0.6) is 11.5 Å². The fraction of sp³-hybridized carbons (Fsp3) is 0.647. The molecule has 1 N–H and O–H groups in total. The Morgan fingerprint density at radius 2 is 1.71 bits per heavy atom. The topological polar surface area (TPSA) is 33.7 Å². The molecule has 1 aliphatic rings. The van der Waals surface area contributed by atoms with Crippen LogP contribution in [-0.4, -0.2) is 36.9 Å². The Morgan fingerprint density at radius 1 is 1.10 bits per heavy atom. The average molecular weight is 292 g/mol. The monoisotopic (exact) mass is 292 g/mol. The molecule has 1 aliphatic heterocycles. The molecule has 0 aliphatic carbocycles. The van der Waals surface area contributed by atoms with E-state index >= 15 is 0 Å². The SMILES string of the molecule is CCOc1ccccc1OCCNN1C(C)CCCC1C. The lowest BCUT2D eigenvalue weighted by Gasteiger charge is -2.39. The molecule has 2 atom stereocenters. The molecule has 0 bridgehead atoms. The van der Waals surface area contributed by atoms with Gasteiger partial charge in [0.2, 0.25) is 0 Å².